The van der Waals surface area contributed by atoms with Crippen molar-refractivity contribution in [3.63, 3.8) is 0 Å². The van der Waals surface area contributed by atoms with Crippen molar-refractivity contribution < 1.29 is 4.74 Å². The van der Waals surface area contributed by atoms with Gasteiger partial charge in [0, 0.05) is 32.3 Å². The van der Waals surface area contributed by atoms with Gasteiger partial charge in [0.15, 0.2) is 0 Å². The summed E-state index contributed by atoms with van der Waals surface area (Å²) >= 11 is 0. The third-order valence-electron chi connectivity index (χ3n) is 3.57. The summed E-state index contributed by atoms with van der Waals surface area (Å²) in [4.78, 5) is 2.54. The van der Waals surface area contributed by atoms with Crippen LogP contribution in [0.5, 0.6) is 0 Å². The van der Waals surface area contributed by atoms with E-state index in [1.165, 1.54) is 12.8 Å². The minimum absolute atomic E-state index is 0.318. The molecule has 1 rings (SSSR count). The molecule has 0 aromatic carbocycles. The van der Waals surface area contributed by atoms with Crippen LogP contribution in [0.15, 0.2) is 0 Å². The maximum Gasteiger partial charge on any atom is 0.0702 e. The monoisotopic (exact) mass is 256 g/mol. The van der Waals surface area contributed by atoms with Crippen LogP contribution in [-0.4, -0.2) is 49.8 Å². The zero-order valence-electron chi connectivity index (χ0n) is 13.0. The molecule has 1 heterocycles. The van der Waals surface area contributed by atoms with E-state index in [0.717, 1.165) is 32.8 Å². The molecular weight excluding hydrogens is 224 g/mol. The van der Waals surface area contributed by atoms with Crippen molar-refractivity contribution in [1.29, 1.82) is 0 Å². The third-order valence-corrected chi connectivity index (χ3v) is 3.57. The SMILES string of the molecule is CCN(CC1CCCO1)CC(C)(C)CNC(C)C. The Labute approximate surface area is 113 Å². The summed E-state index contributed by atoms with van der Waals surface area (Å²) in [5.41, 5.74) is 0.318. The van der Waals surface area contributed by atoms with Gasteiger partial charge in [-0.2, -0.15) is 0 Å². The lowest BCUT2D eigenvalue weighted by atomic mass is 9.92. The Morgan fingerprint density at radius 3 is 2.61 bits per heavy atom. The number of nitrogens with zero attached hydrogens (tertiary/aromatic N) is 1. The van der Waals surface area contributed by atoms with Crippen molar-refractivity contribution in [3.05, 3.63) is 0 Å². The first-order valence-corrected chi connectivity index (χ1v) is 7.50. The maximum atomic E-state index is 5.74. The number of hydrogen-bond donors (Lipinski definition) is 1. The molecule has 0 aromatic rings. The smallest absolute Gasteiger partial charge is 0.0702 e. The molecule has 1 atom stereocenters. The van der Waals surface area contributed by atoms with E-state index < -0.39 is 0 Å². The Bertz CT molecular complexity index is 223. The Kier molecular flexibility index (Phi) is 6.61. The van der Waals surface area contributed by atoms with Crippen LogP contribution in [0.25, 0.3) is 0 Å². The number of likely N-dealkylation sites (N-methyl/N-ethyl adjacent to an activating group) is 1. The largest absolute Gasteiger partial charge is 0.377 e. The average molecular weight is 256 g/mol. The Hall–Kier alpha value is -0.120. The van der Waals surface area contributed by atoms with Crippen LogP contribution in [0.2, 0.25) is 0 Å². The number of rotatable bonds is 8. The Balaban J connectivity index is 2.35. The summed E-state index contributed by atoms with van der Waals surface area (Å²) in [6.45, 7) is 16.8. The Morgan fingerprint density at radius 1 is 1.39 bits per heavy atom. The van der Waals surface area contributed by atoms with Gasteiger partial charge in [0.25, 0.3) is 0 Å². The van der Waals surface area contributed by atoms with E-state index in [9.17, 15) is 0 Å². The predicted octanol–water partition coefficient (Wildman–Crippen LogP) is 2.51. The molecule has 0 bridgehead atoms. The van der Waals surface area contributed by atoms with Crippen LogP contribution >= 0.6 is 0 Å². The second-order valence-corrected chi connectivity index (χ2v) is 6.66. The molecule has 0 saturated carbocycles. The van der Waals surface area contributed by atoms with E-state index in [-0.39, 0.29) is 0 Å². The molecular formula is C15H32N2O. The van der Waals surface area contributed by atoms with E-state index >= 15 is 0 Å². The predicted molar refractivity (Wildman–Crippen MR) is 78.0 cm³/mol. The van der Waals surface area contributed by atoms with Gasteiger partial charge in [-0.3, -0.25) is 0 Å². The highest BCUT2D eigenvalue weighted by molar-refractivity contribution is 4.79. The van der Waals surface area contributed by atoms with Crippen LogP contribution in [0, 0.1) is 5.41 Å². The van der Waals surface area contributed by atoms with Gasteiger partial charge >= 0.3 is 0 Å². The number of nitrogens with one attached hydrogen (secondary N) is 1. The summed E-state index contributed by atoms with van der Waals surface area (Å²) in [6.07, 6.45) is 2.95. The zero-order valence-corrected chi connectivity index (χ0v) is 13.0. The fourth-order valence-corrected chi connectivity index (χ4v) is 2.52. The lowest BCUT2D eigenvalue weighted by molar-refractivity contribution is 0.0609. The zero-order chi connectivity index (χ0) is 13.6. The van der Waals surface area contributed by atoms with E-state index in [1.54, 1.807) is 0 Å². The highest BCUT2D eigenvalue weighted by Crippen LogP contribution is 2.19. The van der Waals surface area contributed by atoms with Crippen molar-refractivity contribution in [3.8, 4) is 0 Å². The number of hydrogen-bond acceptors (Lipinski definition) is 3. The summed E-state index contributed by atoms with van der Waals surface area (Å²) < 4.78 is 5.74. The molecule has 108 valence electrons. The van der Waals surface area contributed by atoms with Gasteiger partial charge in [0.2, 0.25) is 0 Å². The molecule has 0 aliphatic carbocycles. The Morgan fingerprint density at radius 2 is 2.11 bits per heavy atom. The first kappa shape index (κ1) is 15.9. The highest BCUT2D eigenvalue weighted by Gasteiger charge is 2.24. The summed E-state index contributed by atoms with van der Waals surface area (Å²) in [6, 6.07) is 0.567. The lowest BCUT2D eigenvalue weighted by Crippen LogP contribution is -2.44. The molecule has 1 fully saturated rings. The minimum Gasteiger partial charge on any atom is -0.377 e. The van der Waals surface area contributed by atoms with Crippen molar-refractivity contribution in [2.45, 2.75) is 59.6 Å². The molecule has 1 aliphatic rings. The second-order valence-electron chi connectivity index (χ2n) is 6.66. The molecule has 0 spiro atoms. The number of ether oxygens (including phenoxy) is 1. The summed E-state index contributed by atoms with van der Waals surface area (Å²) in [5, 5.41) is 3.55. The van der Waals surface area contributed by atoms with Gasteiger partial charge < -0.3 is 15.0 Å². The molecule has 0 amide bonds. The van der Waals surface area contributed by atoms with E-state index in [2.05, 4.69) is 44.8 Å². The molecule has 1 unspecified atom stereocenters. The van der Waals surface area contributed by atoms with Crippen LogP contribution in [-0.2, 0) is 4.74 Å². The first-order valence-electron chi connectivity index (χ1n) is 7.50. The van der Waals surface area contributed by atoms with Crippen molar-refractivity contribution in [2.24, 2.45) is 5.41 Å². The van der Waals surface area contributed by atoms with Crippen molar-refractivity contribution in [2.75, 3.05) is 32.8 Å². The topological polar surface area (TPSA) is 24.5 Å². The van der Waals surface area contributed by atoms with Crippen LogP contribution in [0.4, 0.5) is 0 Å². The van der Waals surface area contributed by atoms with E-state index in [0.29, 0.717) is 17.6 Å². The second kappa shape index (κ2) is 7.46. The highest BCUT2D eigenvalue weighted by atomic mass is 16.5. The van der Waals surface area contributed by atoms with Gasteiger partial charge in [-0.05, 0) is 24.8 Å². The maximum absolute atomic E-state index is 5.74. The molecule has 18 heavy (non-hydrogen) atoms. The van der Waals surface area contributed by atoms with E-state index in [4.69, 9.17) is 4.74 Å². The van der Waals surface area contributed by atoms with Gasteiger partial charge in [-0.25, -0.2) is 0 Å². The molecule has 1 aliphatic heterocycles. The van der Waals surface area contributed by atoms with Gasteiger partial charge in [-0.1, -0.05) is 34.6 Å². The lowest BCUT2D eigenvalue weighted by Gasteiger charge is -2.34. The summed E-state index contributed by atoms with van der Waals surface area (Å²) in [7, 11) is 0. The molecule has 0 radical (unpaired) electrons. The molecule has 3 nitrogen and oxygen atoms in total. The molecule has 3 heteroatoms. The normalized spacial score (nSPS) is 21.2. The van der Waals surface area contributed by atoms with Crippen LogP contribution in [0.3, 0.4) is 0 Å². The average Bonchev–Trinajstić information content (AvgIpc) is 2.78. The first-order chi connectivity index (χ1) is 8.43. The van der Waals surface area contributed by atoms with Gasteiger partial charge in [-0.15, -0.1) is 0 Å². The minimum atomic E-state index is 0.318. The van der Waals surface area contributed by atoms with Crippen molar-refractivity contribution in [1.82, 2.24) is 10.2 Å². The van der Waals surface area contributed by atoms with Gasteiger partial charge in [0.1, 0.15) is 0 Å². The fourth-order valence-electron chi connectivity index (χ4n) is 2.52. The molecule has 1 N–H and O–H groups in total. The van der Waals surface area contributed by atoms with Crippen LogP contribution in [0.1, 0.15) is 47.5 Å². The van der Waals surface area contributed by atoms with Crippen LogP contribution < -0.4 is 5.32 Å². The molecule has 0 aromatic heterocycles. The molecule has 1 saturated heterocycles. The van der Waals surface area contributed by atoms with E-state index in [1.807, 2.05) is 0 Å². The fraction of sp³-hybridized carbons (Fsp3) is 1.00. The summed E-state index contributed by atoms with van der Waals surface area (Å²) in [5.74, 6) is 0. The third kappa shape index (κ3) is 6.17. The quantitative estimate of drug-likeness (QED) is 0.722. The standard InChI is InChI=1S/C15H32N2O/c1-6-17(10-14-8-7-9-18-14)12-15(4,5)11-16-13(2)3/h13-14,16H,6-12H2,1-5H3. The van der Waals surface area contributed by atoms with Crippen molar-refractivity contribution >= 4 is 0 Å². The van der Waals surface area contributed by atoms with Gasteiger partial charge in [0.05, 0.1) is 6.10 Å².